The summed E-state index contributed by atoms with van der Waals surface area (Å²) in [6.45, 7) is 0.733. The monoisotopic (exact) mass is 392 g/mol. The van der Waals surface area contributed by atoms with E-state index < -0.39 is 15.8 Å². The van der Waals surface area contributed by atoms with Crippen LogP contribution in [0.4, 0.5) is 4.39 Å². The van der Waals surface area contributed by atoms with Crippen molar-refractivity contribution in [3.05, 3.63) is 66.0 Å². The van der Waals surface area contributed by atoms with E-state index in [0.29, 0.717) is 12.8 Å². The summed E-state index contributed by atoms with van der Waals surface area (Å²) in [4.78, 5) is 17.5. The molecule has 1 aliphatic rings. The number of rotatable bonds is 6. The van der Waals surface area contributed by atoms with E-state index in [1.807, 2.05) is 30.3 Å². The molecule has 0 radical (unpaired) electrons. The molecule has 6 nitrogen and oxygen atoms in total. The fraction of sp³-hybridized carbons (Fsp3) is 0.316. The quantitative estimate of drug-likeness (QED) is 0.767. The largest absolute Gasteiger partial charge is 0.272 e. The minimum Gasteiger partial charge on any atom is -0.272 e. The van der Waals surface area contributed by atoms with E-state index in [-0.39, 0.29) is 36.4 Å². The van der Waals surface area contributed by atoms with E-state index in [1.165, 1.54) is 16.4 Å². The number of sulfonamides is 1. The van der Waals surface area contributed by atoms with Crippen LogP contribution in [-0.4, -0.2) is 31.7 Å². The Labute approximate surface area is 158 Å². The van der Waals surface area contributed by atoms with Gasteiger partial charge in [0.25, 0.3) is 0 Å². The van der Waals surface area contributed by atoms with Gasteiger partial charge in [-0.1, -0.05) is 30.3 Å². The van der Waals surface area contributed by atoms with E-state index in [4.69, 9.17) is 4.84 Å². The van der Waals surface area contributed by atoms with E-state index in [9.17, 15) is 17.6 Å². The molecule has 0 atom stereocenters. The van der Waals surface area contributed by atoms with Gasteiger partial charge in [0.2, 0.25) is 15.9 Å². The molecule has 1 N–H and O–H groups in total. The molecule has 1 amide bonds. The average Bonchev–Trinajstić information content (AvgIpc) is 2.69. The van der Waals surface area contributed by atoms with Crippen molar-refractivity contribution in [1.29, 1.82) is 0 Å². The van der Waals surface area contributed by atoms with Gasteiger partial charge in [-0.15, -0.1) is 0 Å². The van der Waals surface area contributed by atoms with E-state index in [0.717, 1.165) is 17.7 Å². The van der Waals surface area contributed by atoms with Gasteiger partial charge < -0.3 is 0 Å². The third-order valence-electron chi connectivity index (χ3n) is 4.53. The molecule has 2 aromatic carbocycles. The van der Waals surface area contributed by atoms with Crippen molar-refractivity contribution in [2.45, 2.75) is 24.3 Å². The SMILES string of the molecule is O=C(NOCc1ccccc1)C1CCN(S(=O)(=O)c2ccc(F)cc2)CC1. The molecule has 1 aliphatic heterocycles. The maximum atomic E-state index is 13.0. The molecule has 1 heterocycles. The van der Waals surface area contributed by atoms with Gasteiger partial charge in [0, 0.05) is 19.0 Å². The molecule has 0 saturated carbocycles. The molecule has 1 fully saturated rings. The van der Waals surface area contributed by atoms with Crippen LogP contribution in [-0.2, 0) is 26.3 Å². The highest BCUT2D eigenvalue weighted by molar-refractivity contribution is 7.89. The van der Waals surface area contributed by atoms with Gasteiger partial charge in [0.1, 0.15) is 5.82 Å². The van der Waals surface area contributed by atoms with Crippen LogP contribution in [0.2, 0.25) is 0 Å². The van der Waals surface area contributed by atoms with Gasteiger partial charge in [0.05, 0.1) is 11.5 Å². The number of benzene rings is 2. The Morgan fingerprint density at radius 3 is 2.33 bits per heavy atom. The Balaban J connectivity index is 1.49. The lowest BCUT2D eigenvalue weighted by atomic mass is 9.98. The minimum atomic E-state index is -3.68. The molecule has 27 heavy (non-hydrogen) atoms. The van der Waals surface area contributed by atoms with Crippen molar-refractivity contribution in [3.63, 3.8) is 0 Å². The Bertz CT molecular complexity index is 864. The number of hydrogen-bond donors (Lipinski definition) is 1. The van der Waals surface area contributed by atoms with Crippen LogP contribution in [0.3, 0.4) is 0 Å². The minimum absolute atomic E-state index is 0.0537. The first-order valence-corrected chi connectivity index (χ1v) is 10.1. The molecule has 3 rings (SSSR count). The van der Waals surface area contributed by atoms with Crippen LogP contribution in [0.1, 0.15) is 18.4 Å². The zero-order valence-electron chi connectivity index (χ0n) is 14.7. The average molecular weight is 392 g/mol. The molecule has 0 spiro atoms. The van der Waals surface area contributed by atoms with Crippen molar-refractivity contribution in [2.75, 3.05) is 13.1 Å². The fourth-order valence-electron chi connectivity index (χ4n) is 2.96. The van der Waals surface area contributed by atoms with Crippen LogP contribution in [0.15, 0.2) is 59.5 Å². The lowest BCUT2D eigenvalue weighted by molar-refractivity contribution is -0.140. The first kappa shape index (κ1) is 19.5. The number of nitrogens with one attached hydrogen (secondary N) is 1. The summed E-state index contributed by atoms with van der Waals surface area (Å²) in [5.74, 6) is -1.04. The predicted octanol–water partition coefficient (Wildman–Crippen LogP) is 2.47. The summed E-state index contributed by atoms with van der Waals surface area (Å²) in [5.41, 5.74) is 3.39. The normalized spacial score (nSPS) is 16.2. The van der Waals surface area contributed by atoms with Gasteiger partial charge in [-0.2, -0.15) is 4.31 Å². The molecular weight excluding hydrogens is 371 g/mol. The highest BCUT2D eigenvalue weighted by atomic mass is 32.2. The highest BCUT2D eigenvalue weighted by Crippen LogP contribution is 2.24. The molecular formula is C19H21FN2O4S. The van der Waals surface area contributed by atoms with Gasteiger partial charge in [-0.05, 0) is 42.7 Å². The fourth-order valence-corrected chi connectivity index (χ4v) is 4.43. The number of halogens is 1. The first-order chi connectivity index (χ1) is 13.0. The van der Waals surface area contributed by atoms with Crippen molar-refractivity contribution in [1.82, 2.24) is 9.79 Å². The van der Waals surface area contributed by atoms with Gasteiger partial charge >= 0.3 is 0 Å². The number of carbonyl (C=O) groups excluding carboxylic acids is 1. The van der Waals surface area contributed by atoms with Gasteiger partial charge in [0.15, 0.2) is 0 Å². The molecule has 1 saturated heterocycles. The lowest BCUT2D eigenvalue weighted by Crippen LogP contribution is -2.42. The predicted molar refractivity (Wildman–Crippen MR) is 97.3 cm³/mol. The summed E-state index contributed by atoms with van der Waals surface area (Å²) < 4.78 is 39.5. The van der Waals surface area contributed by atoms with E-state index >= 15 is 0 Å². The third kappa shape index (κ3) is 4.91. The van der Waals surface area contributed by atoms with Gasteiger partial charge in [-0.3, -0.25) is 9.63 Å². The van der Waals surface area contributed by atoms with Crippen LogP contribution in [0.5, 0.6) is 0 Å². The van der Waals surface area contributed by atoms with Crippen LogP contribution in [0, 0.1) is 11.7 Å². The Kier molecular flexibility index (Phi) is 6.20. The summed E-state index contributed by atoms with van der Waals surface area (Å²) in [7, 11) is -3.68. The van der Waals surface area contributed by atoms with Crippen LogP contribution in [0.25, 0.3) is 0 Å². The highest BCUT2D eigenvalue weighted by Gasteiger charge is 2.32. The van der Waals surface area contributed by atoms with Crippen LogP contribution < -0.4 is 5.48 Å². The molecule has 0 aliphatic carbocycles. The molecule has 2 aromatic rings. The third-order valence-corrected chi connectivity index (χ3v) is 6.44. The Morgan fingerprint density at radius 1 is 1.07 bits per heavy atom. The zero-order valence-corrected chi connectivity index (χ0v) is 15.5. The van der Waals surface area contributed by atoms with Crippen molar-refractivity contribution < 1.29 is 22.4 Å². The summed E-state index contributed by atoms with van der Waals surface area (Å²) in [6, 6.07) is 14.2. The van der Waals surface area contributed by atoms with Crippen LogP contribution >= 0.6 is 0 Å². The second-order valence-corrected chi connectivity index (χ2v) is 8.31. The first-order valence-electron chi connectivity index (χ1n) is 8.68. The second kappa shape index (κ2) is 8.60. The van der Waals surface area contributed by atoms with Crippen molar-refractivity contribution in [3.8, 4) is 0 Å². The van der Waals surface area contributed by atoms with Gasteiger partial charge in [-0.25, -0.2) is 18.3 Å². The standard InChI is InChI=1S/C19H21FN2O4S/c20-17-6-8-18(9-7-17)27(24,25)22-12-10-16(11-13-22)19(23)21-26-14-15-4-2-1-3-5-15/h1-9,16H,10-14H2,(H,21,23). The smallest absolute Gasteiger partial charge is 0.246 e. The van der Waals surface area contributed by atoms with Crippen molar-refractivity contribution >= 4 is 15.9 Å². The number of piperidine rings is 1. The Hall–Kier alpha value is -2.29. The molecule has 144 valence electrons. The number of hydrogen-bond acceptors (Lipinski definition) is 4. The summed E-state index contributed by atoms with van der Waals surface area (Å²) >= 11 is 0. The molecule has 0 aromatic heterocycles. The molecule has 0 bridgehead atoms. The number of carbonyl (C=O) groups is 1. The zero-order chi connectivity index (χ0) is 19.3. The van der Waals surface area contributed by atoms with Crippen molar-refractivity contribution in [2.24, 2.45) is 5.92 Å². The molecule has 0 unspecified atom stereocenters. The number of nitrogens with zero attached hydrogens (tertiary/aromatic N) is 1. The Morgan fingerprint density at radius 2 is 1.70 bits per heavy atom. The maximum absolute atomic E-state index is 13.0. The summed E-state index contributed by atoms with van der Waals surface area (Å²) in [6.07, 6.45) is 0.807. The number of amides is 1. The molecule has 8 heteroatoms. The second-order valence-electron chi connectivity index (χ2n) is 6.37. The summed E-state index contributed by atoms with van der Waals surface area (Å²) in [5, 5.41) is 0. The number of hydroxylamine groups is 1. The van der Waals surface area contributed by atoms with E-state index in [1.54, 1.807) is 0 Å². The topological polar surface area (TPSA) is 75.7 Å². The lowest BCUT2D eigenvalue weighted by Gasteiger charge is -2.30. The van der Waals surface area contributed by atoms with E-state index in [2.05, 4.69) is 5.48 Å². The maximum Gasteiger partial charge on any atom is 0.246 e.